The number of hydrogen-bond donors (Lipinski definition) is 2. The summed E-state index contributed by atoms with van der Waals surface area (Å²) in [4.78, 5) is 38.4. The van der Waals surface area contributed by atoms with E-state index in [4.69, 9.17) is 4.74 Å². The molecule has 4 aliphatic rings. The molecule has 0 bridgehead atoms. The highest BCUT2D eigenvalue weighted by Gasteiger charge is 2.39. The van der Waals surface area contributed by atoms with E-state index < -0.39 is 6.04 Å². The maximum absolute atomic E-state index is 13.0. The van der Waals surface area contributed by atoms with E-state index in [-0.39, 0.29) is 29.7 Å². The first kappa shape index (κ1) is 23.5. The molecular weight excluding hydrogens is 430 g/mol. The molecule has 3 aliphatic heterocycles. The Morgan fingerprint density at radius 2 is 1.94 bits per heavy atom. The summed E-state index contributed by atoms with van der Waals surface area (Å²) in [7, 11) is 0. The molecule has 3 fully saturated rings. The van der Waals surface area contributed by atoms with Crippen molar-refractivity contribution in [3.8, 4) is 0 Å². The molecule has 1 aliphatic carbocycles. The van der Waals surface area contributed by atoms with Crippen molar-refractivity contribution in [3.05, 3.63) is 34.9 Å². The topological polar surface area (TPSA) is 87.7 Å². The number of rotatable bonds is 5. The van der Waals surface area contributed by atoms with Crippen LogP contribution in [0.25, 0.3) is 0 Å². The number of nitrogens with zero attached hydrogens (tertiary/aromatic N) is 1. The lowest BCUT2D eigenvalue weighted by Gasteiger charge is -2.41. The van der Waals surface area contributed by atoms with Crippen LogP contribution in [0.5, 0.6) is 0 Å². The fraction of sp³-hybridized carbons (Fsp3) is 0.667. The predicted octanol–water partition coefficient (Wildman–Crippen LogP) is 3.10. The van der Waals surface area contributed by atoms with Crippen molar-refractivity contribution in [2.24, 2.45) is 5.92 Å². The maximum Gasteiger partial charge on any atom is 0.255 e. The Morgan fingerprint density at radius 1 is 1.12 bits per heavy atom. The minimum absolute atomic E-state index is 0.0546. The molecule has 1 aromatic carbocycles. The Bertz CT molecular complexity index is 975. The number of hydrogen-bond acceptors (Lipinski definition) is 5. The van der Waals surface area contributed by atoms with E-state index in [0.29, 0.717) is 36.5 Å². The van der Waals surface area contributed by atoms with Crippen molar-refractivity contribution in [2.45, 2.75) is 102 Å². The van der Waals surface area contributed by atoms with Gasteiger partial charge in [0.2, 0.25) is 11.8 Å². The van der Waals surface area contributed by atoms with Crippen LogP contribution in [0.15, 0.2) is 18.2 Å². The van der Waals surface area contributed by atoms with E-state index in [1.807, 2.05) is 6.07 Å². The minimum atomic E-state index is -0.559. The Hall–Kier alpha value is -2.25. The van der Waals surface area contributed by atoms with Gasteiger partial charge in [0, 0.05) is 37.2 Å². The fourth-order valence-corrected chi connectivity index (χ4v) is 6.41. The summed E-state index contributed by atoms with van der Waals surface area (Å²) in [5, 5.41) is 6.36. The average Bonchev–Trinajstić information content (AvgIpc) is 3.10. The molecular formula is C27H37N3O4. The molecule has 184 valence electrons. The van der Waals surface area contributed by atoms with Gasteiger partial charge in [-0.3, -0.25) is 19.7 Å². The quantitative estimate of drug-likeness (QED) is 0.650. The molecule has 34 heavy (non-hydrogen) atoms. The van der Waals surface area contributed by atoms with Crippen molar-refractivity contribution in [1.29, 1.82) is 0 Å². The van der Waals surface area contributed by atoms with Crippen molar-refractivity contribution in [3.63, 3.8) is 0 Å². The van der Waals surface area contributed by atoms with Crippen LogP contribution in [0.3, 0.4) is 0 Å². The maximum atomic E-state index is 13.0. The second kappa shape index (κ2) is 9.42. The van der Waals surface area contributed by atoms with Gasteiger partial charge in [0.05, 0.1) is 5.60 Å². The zero-order valence-corrected chi connectivity index (χ0v) is 20.4. The Balaban J connectivity index is 1.25. The summed E-state index contributed by atoms with van der Waals surface area (Å²) in [6.07, 6.45) is 8.80. The molecule has 3 amide bonds. The number of amides is 3. The lowest BCUT2D eigenvalue weighted by molar-refractivity contribution is -0.136. The van der Waals surface area contributed by atoms with E-state index in [0.717, 1.165) is 31.4 Å². The van der Waals surface area contributed by atoms with Crippen LogP contribution in [0.2, 0.25) is 0 Å². The molecule has 2 unspecified atom stereocenters. The standard InChI is InChI=1S/C27H37N3O4/c1-27(2)15-20(11-12-34-27)28-22-6-4-3-5-18(22)13-17-7-8-21-19(14-17)16-30(26(21)33)23-9-10-24(31)29-25(23)32/h7-8,14,18,20,22-23,28H,3-6,9-13,15-16H2,1-2H3,(H,29,31,32)/t18-,20?,22+,23?/m1/s1. The number of piperidine rings is 1. The van der Waals surface area contributed by atoms with Gasteiger partial charge < -0.3 is 15.0 Å². The summed E-state index contributed by atoms with van der Waals surface area (Å²) in [5.74, 6) is -0.130. The molecule has 1 saturated carbocycles. The first-order chi connectivity index (χ1) is 16.3. The van der Waals surface area contributed by atoms with E-state index >= 15 is 0 Å². The van der Waals surface area contributed by atoms with Crippen LogP contribution in [0.4, 0.5) is 0 Å². The smallest absolute Gasteiger partial charge is 0.255 e. The van der Waals surface area contributed by atoms with E-state index in [2.05, 4.69) is 36.6 Å². The SMILES string of the molecule is CC1(C)CC(N[C@H]2CCCC[C@@H]2Cc2ccc3c(c2)CN(C2CCC(=O)NC2=O)C3=O)CCO1. The third kappa shape index (κ3) is 4.91. The van der Waals surface area contributed by atoms with Gasteiger partial charge >= 0.3 is 0 Å². The summed E-state index contributed by atoms with van der Waals surface area (Å²) in [6.45, 7) is 5.63. The van der Waals surface area contributed by atoms with Gasteiger partial charge in [0.1, 0.15) is 6.04 Å². The van der Waals surface area contributed by atoms with Crippen LogP contribution in [0, 0.1) is 5.92 Å². The van der Waals surface area contributed by atoms with Gasteiger partial charge in [-0.15, -0.1) is 0 Å². The molecule has 2 N–H and O–H groups in total. The minimum Gasteiger partial charge on any atom is -0.375 e. The summed E-state index contributed by atoms with van der Waals surface area (Å²) < 4.78 is 5.91. The van der Waals surface area contributed by atoms with Gasteiger partial charge in [-0.05, 0) is 75.5 Å². The van der Waals surface area contributed by atoms with E-state index in [1.54, 1.807) is 4.90 Å². The predicted molar refractivity (Wildman–Crippen MR) is 128 cm³/mol. The fourth-order valence-electron chi connectivity index (χ4n) is 6.41. The zero-order chi connectivity index (χ0) is 23.9. The molecule has 7 nitrogen and oxygen atoms in total. The number of ether oxygens (including phenoxy) is 1. The third-order valence-corrected chi connectivity index (χ3v) is 8.14. The lowest BCUT2D eigenvalue weighted by atomic mass is 9.79. The van der Waals surface area contributed by atoms with Crippen LogP contribution < -0.4 is 10.6 Å². The number of carbonyl (C=O) groups is 3. The summed E-state index contributed by atoms with van der Waals surface area (Å²) in [5.41, 5.74) is 2.90. The average molecular weight is 468 g/mol. The normalized spacial score (nSPS) is 31.4. The third-order valence-electron chi connectivity index (χ3n) is 8.14. The van der Waals surface area contributed by atoms with E-state index in [1.165, 1.54) is 31.2 Å². The molecule has 0 spiro atoms. The van der Waals surface area contributed by atoms with Crippen LogP contribution in [-0.2, 0) is 27.3 Å². The summed E-state index contributed by atoms with van der Waals surface area (Å²) in [6, 6.07) is 6.66. The number of benzene rings is 1. The number of nitrogens with one attached hydrogen (secondary N) is 2. The number of carbonyl (C=O) groups excluding carboxylic acids is 3. The van der Waals surface area contributed by atoms with Crippen molar-refractivity contribution >= 4 is 17.7 Å². The van der Waals surface area contributed by atoms with Crippen LogP contribution in [-0.4, -0.2) is 53.0 Å². The van der Waals surface area contributed by atoms with Crippen LogP contribution in [0.1, 0.15) is 86.7 Å². The van der Waals surface area contributed by atoms with Gasteiger partial charge in [0.15, 0.2) is 0 Å². The van der Waals surface area contributed by atoms with Gasteiger partial charge in [0.25, 0.3) is 5.91 Å². The Labute approximate surface area is 202 Å². The Kier molecular flexibility index (Phi) is 6.51. The first-order valence-corrected chi connectivity index (χ1v) is 13.0. The second-order valence-corrected chi connectivity index (χ2v) is 11.2. The number of imide groups is 1. The second-order valence-electron chi connectivity index (χ2n) is 11.2. The van der Waals surface area contributed by atoms with E-state index in [9.17, 15) is 14.4 Å². The summed E-state index contributed by atoms with van der Waals surface area (Å²) >= 11 is 0. The lowest BCUT2D eigenvalue weighted by Crippen LogP contribution is -2.52. The van der Waals surface area contributed by atoms with Crippen molar-refractivity contribution in [1.82, 2.24) is 15.5 Å². The highest BCUT2D eigenvalue weighted by atomic mass is 16.5. The first-order valence-electron chi connectivity index (χ1n) is 13.0. The highest BCUT2D eigenvalue weighted by Crippen LogP contribution is 2.33. The molecule has 7 heteroatoms. The molecule has 0 aromatic heterocycles. The molecule has 0 radical (unpaired) electrons. The Morgan fingerprint density at radius 3 is 2.74 bits per heavy atom. The van der Waals surface area contributed by atoms with Crippen molar-refractivity contribution < 1.29 is 19.1 Å². The van der Waals surface area contributed by atoms with Gasteiger partial charge in [-0.1, -0.05) is 25.0 Å². The number of fused-ring (bicyclic) bond motifs is 1. The van der Waals surface area contributed by atoms with Gasteiger partial charge in [-0.25, -0.2) is 0 Å². The monoisotopic (exact) mass is 467 g/mol. The molecule has 5 rings (SSSR count). The zero-order valence-electron chi connectivity index (χ0n) is 20.4. The van der Waals surface area contributed by atoms with Crippen molar-refractivity contribution in [2.75, 3.05) is 6.61 Å². The molecule has 4 atom stereocenters. The largest absolute Gasteiger partial charge is 0.375 e. The van der Waals surface area contributed by atoms with Gasteiger partial charge in [-0.2, -0.15) is 0 Å². The van der Waals surface area contributed by atoms with Crippen LogP contribution >= 0.6 is 0 Å². The highest BCUT2D eigenvalue weighted by molar-refractivity contribution is 6.05. The molecule has 2 saturated heterocycles. The molecule has 3 heterocycles. The molecule has 1 aromatic rings.